The van der Waals surface area contributed by atoms with Gasteiger partial charge in [0.05, 0.1) is 0 Å². The van der Waals surface area contributed by atoms with Gasteiger partial charge in [0.25, 0.3) is 0 Å². The molecule has 3 nitrogen and oxygen atoms in total. The van der Waals surface area contributed by atoms with E-state index in [0.29, 0.717) is 0 Å². The van der Waals surface area contributed by atoms with Crippen LogP contribution in [0.15, 0.2) is 30.3 Å². The number of likely N-dealkylation sites (N-methyl/N-ethyl adjacent to an activating group) is 1. The standard InChI is InChI=1S/C16H24N2O/c1-3-17(4-2)15(14-10-6-5-7-11-14)16(19)18-12-8-9-13-18/h5-7,10-11,15H,3-4,8-9,12-13H2,1-2H3/t15-/m1/s1. The SMILES string of the molecule is CCN(CC)[C@@H](C(=O)N1CCCC1)c1ccccc1. The van der Waals surface area contributed by atoms with E-state index in [1.54, 1.807) is 0 Å². The fourth-order valence-electron chi connectivity index (χ4n) is 2.84. The molecule has 0 saturated carbocycles. The van der Waals surface area contributed by atoms with Crippen LogP contribution in [-0.2, 0) is 4.79 Å². The lowest BCUT2D eigenvalue weighted by Crippen LogP contribution is -2.41. The molecule has 1 fully saturated rings. The van der Waals surface area contributed by atoms with Gasteiger partial charge in [0, 0.05) is 13.1 Å². The Labute approximate surface area is 116 Å². The second-order valence-electron chi connectivity index (χ2n) is 5.07. The monoisotopic (exact) mass is 260 g/mol. The van der Waals surface area contributed by atoms with Crippen LogP contribution in [0.2, 0.25) is 0 Å². The molecular formula is C16H24N2O. The summed E-state index contributed by atoms with van der Waals surface area (Å²) < 4.78 is 0. The summed E-state index contributed by atoms with van der Waals surface area (Å²) in [6, 6.07) is 10.1. The van der Waals surface area contributed by atoms with Crippen LogP contribution < -0.4 is 0 Å². The minimum atomic E-state index is -0.116. The first kappa shape index (κ1) is 14.1. The first-order valence-corrected chi connectivity index (χ1v) is 7.35. The maximum atomic E-state index is 12.8. The average molecular weight is 260 g/mol. The van der Waals surface area contributed by atoms with Gasteiger partial charge in [-0.1, -0.05) is 44.2 Å². The van der Waals surface area contributed by atoms with Gasteiger partial charge in [-0.15, -0.1) is 0 Å². The van der Waals surface area contributed by atoms with Gasteiger partial charge in [-0.25, -0.2) is 0 Å². The van der Waals surface area contributed by atoms with Crippen LogP contribution in [0, 0.1) is 0 Å². The summed E-state index contributed by atoms with van der Waals surface area (Å²) in [5, 5.41) is 0. The summed E-state index contributed by atoms with van der Waals surface area (Å²) in [5.74, 6) is 0.271. The number of carbonyl (C=O) groups excluding carboxylic acids is 1. The van der Waals surface area contributed by atoms with Crippen molar-refractivity contribution in [2.45, 2.75) is 32.7 Å². The summed E-state index contributed by atoms with van der Waals surface area (Å²) in [4.78, 5) is 17.1. The van der Waals surface area contributed by atoms with Gasteiger partial charge in [0.15, 0.2) is 0 Å². The highest BCUT2D eigenvalue weighted by molar-refractivity contribution is 5.83. The number of nitrogens with zero attached hydrogens (tertiary/aromatic N) is 2. The maximum absolute atomic E-state index is 12.8. The molecule has 0 bridgehead atoms. The second-order valence-corrected chi connectivity index (χ2v) is 5.07. The van der Waals surface area contributed by atoms with E-state index in [1.165, 1.54) is 0 Å². The highest BCUT2D eigenvalue weighted by atomic mass is 16.2. The van der Waals surface area contributed by atoms with E-state index in [9.17, 15) is 4.79 Å². The van der Waals surface area contributed by atoms with Crippen LogP contribution in [-0.4, -0.2) is 41.9 Å². The van der Waals surface area contributed by atoms with Crippen molar-refractivity contribution in [3.8, 4) is 0 Å². The van der Waals surface area contributed by atoms with Crippen molar-refractivity contribution in [1.82, 2.24) is 9.80 Å². The number of rotatable bonds is 5. The Balaban J connectivity index is 2.25. The highest BCUT2D eigenvalue weighted by Crippen LogP contribution is 2.24. The molecule has 1 aromatic carbocycles. The van der Waals surface area contributed by atoms with Gasteiger partial charge in [-0.3, -0.25) is 9.69 Å². The molecule has 0 spiro atoms. The first-order valence-electron chi connectivity index (χ1n) is 7.35. The lowest BCUT2D eigenvalue weighted by Gasteiger charge is -2.32. The molecule has 0 aromatic heterocycles. The van der Waals surface area contributed by atoms with Crippen molar-refractivity contribution in [1.29, 1.82) is 0 Å². The van der Waals surface area contributed by atoms with Crippen LogP contribution in [0.5, 0.6) is 0 Å². The van der Waals surface area contributed by atoms with Crippen molar-refractivity contribution in [2.75, 3.05) is 26.2 Å². The third kappa shape index (κ3) is 3.16. The van der Waals surface area contributed by atoms with E-state index >= 15 is 0 Å². The van der Waals surface area contributed by atoms with Crippen molar-refractivity contribution in [2.24, 2.45) is 0 Å². The van der Waals surface area contributed by atoms with Gasteiger partial charge in [0.1, 0.15) is 6.04 Å². The Kier molecular flexibility index (Phi) is 4.97. The normalized spacial score (nSPS) is 16.9. The number of hydrogen-bond acceptors (Lipinski definition) is 2. The molecular weight excluding hydrogens is 236 g/mol. The number of likely N-dealkylation sites (tertiary alicyclic amines) is 1. The van der Waals surface area contributed by atoms with Crippen LogP contribution in [0.3, 0.4) is 0 Å². The van der Waals surface area contributed by atoms with Crippen molar-refractivity contribution >= 4 is 5.91 Å². The molecule has 1 heterocycles. The number of carbonyl (C=O) groups is 1. The molecule has 19 heavy (non-hydrogen) atoms. The van der Waals surface area contributed by atoms with Crippen molar-refractivity contribution in [3.63, 3.8) is 0 Å². The Bertz CT molecular complexity index is 394. The Morgan fingerprint density at radius 3 is 2.26 bits per heavy atom. The zero-order chi connectivity index (χ0) is 13.7. The minimum absolute atomic E-state index is 0.116. The van der Waals surface area contributed by atoms with E-state index in [2.05, 4.69) is 30.9 Å². The summed E-state index contributed by atoms with van der Waals surface area (Å²) in [5.41, 5.74) is 1.11. The molecule has 3 heteroatoms. The predicted octanol–water partition coefficient (Wildman–Crippen LogP) is 2.69. The maximum Gasteiger partial charge on any atom is 0.244 e. The molecule has 1 aliphatic heterocycles. The summed E-state index contributed by atoms with van der Waals surface area (Å²) >= 11 is 0. The fourth-order valence-corrected chi connectivity index (χ4v) is 2.84. The zero-order valence-corrected chi connectivity index (χ0v) is 12.0. The molecule has 0 N–H and O–H groups in total. The largest absolute Gasteiger partial charge is 0.341 e. The molecule has 104 valence electrons. The molecule has 0 aliphatic carbocycles. The van der Waals surface area contributed by atoms with Crippen LogP contribution in [0.25, 0.3) is 0 Å². The van der Waals surface area contributed by atoms with Crippen molar-refractivity contribution < 1.29 is 4.79 Å². The van der Waals surface area contributed by atoms with E-state index in [-0.39, 0.29) is 11.9 Å². The lowest BCUT2D eigenvalue weighted by molar-refractivity contribution is -0.136. The van der Waals surface area contributed by atoms with Gasteiger partial charge >= 0.3 is 0 Å². The Hall–Kier alpha value is -1.35. The number of amides is 1. The molecule has 1 aliphatic rings. The van der Waals surface area contributed by atoms with E-state index in [0.717, 1.165) is 44.6 Å². The Morgan fingerprint density at radius 2 is 1.74 bits per heavy atom. The smallest absolute Gasteiger partial charge is 0.244 e. The number of benzene rings is 1. The topological polar surface area (TPSA) is 23.6 Å². The number of hydrogen-bond donors (Lipinski definition) is 0. The molecule has 2 rings (SSSR count). The van der Waals surface area contributed by atoms with Crippen LogP contribution >= 0.6 is 0 Å². The predicted molar refractivity (Wildman–Crippen MR) is 77.9 cm³/mol. The van der Waals surface area contributed by atoms with E-state index in [1.807, 2.05) is 23.1 Å². The average Bonchev–Trinajstić information content (AvgIpc) is 2.99. The third-order valence-electron chi connectivity index (χ3n) is 3.94. The van der Waals surface area contributed by atoms with Crippen LogP contribution in [0.4, 0.5) is 0 Å². The van der Waals surface area contributed by atoms with Gasteiger partial charge < -0.3 is 4.90 Å². The summed E-state index contributed by atoms with van der Waals surface area (Å²) in [6.07, 6.45) is 2.29. The Morgan fingerprint density at radius 1 is 1.16 bits per heavy atom. The molecule has 0 unspecified atom stereocenters. The summed E-state index contributed by atoms with van der Waals surface area (Å²) in [6.45, 7) is 7.88. The molecule has 1 saturated heterocycles. The van der Waals surface area contributed by atoms with E-state index < -0.39 is 0 Å². The highest BCUT2D eigenvalue weighted by Gasteiger charge is 2.30. The summed E-state index contributed by atoms with van der Waals surface area (Å²) in [7, 11) is 0. The molecule has 1 amide bonds. The zero-order valence-electron chi connectivity index (χ0n) is 12.0. The minimum Gasteiger partial charge on any atom is -0.341 e. The van der Waals surface area contributed by atoms with Crippen molar-refractivity contribution in [3.05, 3.63) is 35.9 Å². The fraction of sp³-hybridized carbons (Fsp3) is 0.562. The van der Waals surface area contributed by atoms with Gasteiger partial charge in [-0.2, -0.15) is 0 Å². The van der Waals surface area contributed by atoms with Gasteiger partial charge in [0.2, 0.25) is 5.91 Å². The molecule has 1 aromatic rings. The quantitative estimate of drug-likeness (QED) is 0.812. The molecule has 1 atom stereocenters. The van der Waals surface area contributed by atoms with E-state index in [4.69, 9.17) is 0 Å². The van der Waals surface area contributed by atoms with Gasteiger partial charge in [-0.05, 0) is 31.5 Å². The molecule has 0 radical (unpaired) electrons. The lowest BCUT2D eigenvalue weighted by atomic mass is 10.0. The third-order valence-corrected chi connectivity index (χ3v) is 3.94. The van der Waals surface area contributed by atoms with Crippen LogP contribution in [0.1, 0.15) is 38.3 Å². The second kappa shape index (κ2) is 6.71. The first-order chi connectivity index (χ1) is 9.27.